The van der Waals surface area contributed by atoms with Crippen molar-refractivity contribution in [1.29, 1.82) is 5.26 Å². The predicted molar refractivity (Wildman–Crippen MR) is 139 cm³/mol. The van der Waals surface area contributed by atoms with E-state index in [0.29, 0.717) is 28.5 Å². The predicted octanol–water partition coefficient (Wildman–Crippen LogP) is 4.50. The highest BCUT2D eigenvalue weighted by Gasteiger charge is 2.12. The molecule has 10 nitrogen and oxygen atoms in total. The van der Waals surface area contributed by atoms with Gasteiger partial charge in [-0.2, -0.15) is 5.26 Å². The summed E-state index contributed by atoms with van der Waals surface area (Å²) in [7, 11) is 1.48. The number of aromatic nitrogens is 2. The number of benzene rings is 2. The number of hydrogen-bond donors (Lipinski definition) is 3. The molecule has 0 aliphatic heterocycles. The Morgan fingerprint density at radius 1 is 1.28 bits per heavy atom. The standard InChI is InChI=1S/C26H25N7O3/c1-16(13-30-24(12-27)28-3)26(35)32-20-7-5-6-18(10-20)17(2)31-25-15-29-14-21(33-25)19-8-9-22(34)23(11-19)36-4/h5-11,13-15,17,34H,3H2,1-2,4H3,(H,31,33)(H,32,35)/b16-13+,30-24-/t17-/m0/s1. The lowest BCUT2D eigenvalue weighted by molar-refractivity contribution is -0.112. The number of rotatable bonds is 8. The molecule has 0 bridgehead atoms. The van der Waals surface area contributed by atoms with Gasteiger partial charge in [0.25, 0.3) is 5.91 Å². The van der Waals surface area contributed by atoms with Gasteiger partial charge < -0.3 is 20.5 Å². The van der Waals surface area contributed by atoms with Crippen LogP contribution in [-0.4, -0.2) is 40.6 Å². The van der Waals surface area contributed by atoms with E-state index in [1.54, 1.807) is 49.7 Å². The van der Waals surface area contributed by atoms with E-state index in [1.165, 1.54) is 13.3 Å². The van der Waals surface area contributed by atoms with Crippen molar-refractivity contribution in [3.8, 4) is 28.8 Å². The van der Waals surface area contributed by atoms with Crippen molar-refractivity contribution in [1.82, 2.24) is 9.97 Å². The number of aliphatic imine (C=N–C) groups is 2. The molecule has 1 aromatic heterocycles. The highest BCUT2D eigenvalue weighted by atomic mass is 16.5. The van der Waals surface area contributed by atoms with E-state index in [2.05, 4.69) is 37.3 Å². The minimum atomic E-state index is -0.360. The van der Waals surface area contributed by atoms with Gasteiger partial charge in [-0.1, -0.05) is 12.1 Å². The maximum Gasteiger partial charge on any atom is 0.252 e. The number of nitriles is 1. The van der Waals surface area contributed by atoms with Gasteiger partial charge in [0, 0.05) is 23.0 Å². The van der Waals surface area contributed by atoms with Gasteiger partial charge in [0.1, 0.15) is 11.9 Å². The first-order valence-corrected chi connectivity index (χ1v) is 10.8. The molecule has 182 valence electrons. The Bertz CT molecular complexity index is 1380. The molecule has 0 saturated carbocycles. The molecule has 3 rings (SSSR count). The number of phenolic OH excluding ortho intramolecular Hbond substituents is 1. The lowest BCUT2D eigenvalue weighted by Gasteiger charge is -2.16. The normalized spacial score (nSPS) is 12.3. The summed E-state index contributed by atoms with van der Waals surface area (Å²) in [6.07, 6.45) is 4.51. The zero-order chi connectivity index (χ0) is 26.1. The third-order valence-electron chi connectivity index (χ3n) is 5.11. The van der Waals surface area contributed by atoms with Crippen LogP contribution in [0.5, 0.6) is 11.5 Å². The van der Waals surface area contributed by atoms with Crippen LogP contribution in [0, 0.1) is 11.3 Å². The van der Waals surface area contributed by atoms with Gasteiger partial charge in [0.2, 0.25) is 5.84 Å². The van der Waals surface area contributed by atoms with Crippen molar-refractivity contribution in [2.75, 3.05) is 17.7 Å². The van der Waals surface area contributed by atoms with E-state index >= 15 is 0 Å². The zero-order valence-electron chi connectivity index (χ0n) is 20.1. The van der Waals surface area contributed by atoms with E-state index in [0.717, 1.165) is 11.1 Å². The summed E-state index contributed by atoms with van der Waals surface area (Å²) in [6, 6.07) is 14.0. The lowest BCUT2D eigenvalue weighted by atomic mass is 10.1. The fourth-order valence-electron chi connectivity index (χ4n) is 3.15. The van der Waals surface area contributed by atoms with E-state index in [9.17, 15) is 9.90 Å². The van der Waals surface area contributed by atoms with Gasteiger partial charge in [-0.3, -0.25) is 9.78 Å². The van der Waals surface area contributed by atoms with E-state index in [-0.39, 0.29) is 23.5 Å². The fourth-order valence-corrected chi connectivity index (χ4v) is 3.15. The topological polar surface area (TPSA) is 145 Å². The Morgan fingerprint density at radius 2 is 2.08 bits per heavy atom. The van der Waals surface area contributed by atoms with Crippen molar-refractivity contribution >= 4 is 30.0 Å². The molecule has 2 aromatic carbocycles. The Hall–Kier alpha value is -5.04. The van der Waals surface area contributed by atoms with Crippen LogP contribution >= 0.6 is 0 Å². The molecule has 0 saturated heterocycles. The zero-order valence-corrected chi connectivity index (χ0v) is 20.1. The third-order valence-corrected chi connectivity index (χ3v) is 5.11. The highest BCUT2D eigenvalue weighted by Crippen LogP contribution is 2.31. The number of aromatic hydroxyl groups is 1. The summed E-state index contributed by atoms with van der Waals surface area (Å²) in [5.74, 6) is 0.464. The minimum Gasteiger partial charge on any atom is -0.504 e. The summed E-state index contributed by atoms with van der Waals surface area (Å²) in [6.45, 7) is 6.79. The molecule has 0 fully saturated rings. The van der Waals surface area contributed by atoms with Crippen molar-refractivity contribution < 1.29 is 14.6 Å². The lowest BCUT2D eigenvalue weighted by Crippen LogP contribution is -2.14. The summed E-state index contributed by atoms with van der Waals surface area (Å²) >= 11 is 0. The minimum absolute atomic E-state index is 0.0446. The molecule has 0 spiro atoms. The summed E-state index contributed by atoms with van der Waals surface area (Å²) in [5, 5.41) is 24.8. The second-order valence-electron chi connectivity index (χ2n) is 7.66. The number of ether oxygens (including phenoxy) is 1. The van der Waals surface area contributed by atoms with Gasteiger partial charge in [-0.05, 0) is 56.5 Å². The Labute approximate surface area is 208 Å². The largest absolute Gasteiger partial charge is 0.504 e. The van der Waals surface area contributed by atoms with Crippen LogP contribution in [0.2, 0.25) is 0 Å². The van der Waals surface area contributed by atoms with Crippen LogP contribution in [0.15, 0.2) is 76.6 Å². The van der Waals surface area contributed by atoms with Crippen LogP contribution in [0.1, 0.15) is 25.5 Å². The molecule has 1 amide bonds. The van der Waals surface area contributed by atoms with Crippen LogP contribution in [0.4, 0.5) is 11.5 Å². The number of nitrogens with one attached hydrogen (secondary N) is 2. The first-order valence-electron chi connectivity index (χ1n) is 10.8. The van der Waals surface area contributed by atoms with Gasteiger partial charge in [0.05, 0.1) is 31.2 Å². The summed E-state index contributed by atoms with van der Waals surface area (Å²) in [4.78, 5) is 28.6. The number of amides is 1. The van der Waals surface area contributed by atoms with Gasteiger partial charge >= 0.3 is 0 Å². The quantitative estimate of drug-likeness (QED) is 0.243. The Morgan fingerprint density at radius 3 is 2.81 bits per heavy atom. The number of nitrogens with zero attached hydrogens (tertiary/aromatic N) is 5. The molecule has 0 unspecified atom stereocenters. The number of anilines is 2. The fraction of sp³-hybridized carbons (Fsp3) is 0.154. The second kappa shape index (κ2) is 11.9. The first-order chi connectivity index (χ1) is 17.3. The van der Waals surface area contributed by atoms with Crippen molar-refractivity contribution in [2.45, 2.75) is 19.9 Å². The Kier molecular flexibility index (Phi) is 8.45. The number of methoxy groups -OCH3 is 1. The van der Waals surface area contributed by atoms with Gasteiger partial charge in [-0.25, -0.2) is 15.0 Å². The molecule has 1 atom stereocenters. The molecule has 10 heteroatoms. The van der Waals surface area contributed by atoms with Crippen LogP contribution < -0.4 is 15.4 Å². The summed E-state index contributed by atoms with van der Waals surface area (Å²) in [5.41, 5.74) is 3.18. The van der Waals surface area contributed by atoms with E-state index in [1.807, 2.05) is 25.1 Å². The number of phenols is 1. The van der Waals surface area contributed by atoms with Crippen LogP contribution in [0.3, 0.4) is 0 Å². The van der Waals surface area contributed by atoms with Gasteiger partial charge in [0.15, 0.2) is 11.5 Å². The molecule has 0 radical (unpaired) electrons. The molecular formula is C26H25N7O3. The number of carbonyl (C=O) groups excluding carboxylic acids is 1. The average molecular weight is 484 g/mol. The van der Waals surface area contributed by atoms with E-state index in [4.69, 9.17) is 10.00 Å². The van der Waals surface area contributed by atoms with Crippen LogP contribution in [-0.2, 0) is 4.79 Å². The monoisotopic (exact) mass is 483 g/mol. The second-order valence-corrected chi connectivity index (χ2v) is 7.66. The molecule has 36 heavy (non-hydrogen) atoms. The number of amidine groups is 1. The van der Waals surface area contributed by atoms with Crippen LogP contribution in [0.25, 0.3) is 11.3 Å². The molecule has 3 N–H and O–H groups in total. The van der Waals surface area contributed by atoms with Gasteiger partial charge in [-0.15, -0.1) is 0 Å². The summed E-state index contributed by atoms with van der Waals surface area (Å²) < 4.78 is 5.17. The van der Waals surface area contributed by atoms with Crippen molar-refractivity contribution in [3.63, 3.8) is 0 Å². The average Bonchev–Trinajstić information content (AvgIpc) is 2.89. The maximum absolute atomic E-state index is 12.5. The van der Waals surface area contributed by atoms with E-state index < -0.39 is 0 Å². The van der Waals surface area contributed by atoms with Crippen molar-refractivity contribution in [3.05, 3.63) is 72.2 Å². The van der Waals surface area contributed by atoms with Crippen molar-refractivity contribution in [2.24, 2.45) is 9.98 Å². The maximum atomic E-state index is 12.5. The smallest absolute Gasteiger partial charge is 0.252 e. The third kappa shape index (κ3) is 6.51. The molecule has 3 aromatic rings. The SMILES string of the molecule is C=N/C(C#N)=N\C=C(/C)C(=O)Nc1cccc([C@H](C)Nc2cncc(-c3ccc(O)c(OC)c3)n2)c1. The highest BCUT2D eigenvalue weighted by molar-refractivity contribution is 6.04. The molecule has 1 heterocycles. The molecular weight excluding hydrogens is 458 g/mol. The number of carbonyl (C=O) groups is 1. The molecule has 0 aliphatic carbocycles. The first kappa shape index (κ1) is 25.6. The number of hydrogen-bond acceptors (Lipinski definition) is 8. The Balaban J connectivity index is 1.73. The molecule has 0 aliphatic rings.